The standard InChI is InChI=1S/C27H26N2O5/c1-19-5-4-6-25(20(19)2)33-18-26(30)29-28-17-22-9-14-24(15-10-22)34-27(31)16-11-21-7-12-23(32-3)13-8-21/h4-17H,18H2,1-3H3,(H,29,30). The van der Waals surface area contributed by atoms with Crippen molar-refractivity contribution in [3.63, 3.8) is 0 Å². The number of aryl methyl sites for hydroxylation is 1. The Morgan fingerprint density at radius 1 is 0.912 bits per heavy atom. The fraction of sp³-hybridized carbons (Fsp3) is 0.148. The number of esters is 1. The molecule has 7 heteroatoms. The Morgan fingerprint density at radius 2 is 1.59 bits per heavy atom. The van der Waals surface area contributed by atoms with E-state index in [-0.39, 0.29) is 12.5 Å². The van der Waals surface area contributed by atoms with Gasteiger partial charge in [0.15, 0.2) is 6.61 Å². The van der Waals surface area contributed by atoms with E-state index in [9.17, 15) is 9.59 Å². The fourth-order valence-corrected chi connectivity index (χ4v) is 2.89. The second-order valence-electron chi connectivity index (χ2n) is 7.38. The van der Waals surface area contributed by atoms with Crippen LogP contribution in [0.15, 0.2) is 77.9 Å². The molecule has 0 aliphatic rings. The van der Waals surface area contributed by atoms with Gasteiger partial charge in [-0.15, -0.1) is 0 Å². The SMILES string of the molecule is COc1ccc(C=CC(=O)Oc2ccc(C=NNC(=O)COc3cccc(C)c3C)cc2)cc1. The second-order valence-corrected chi connectivity index (χ2v) is 7.38. The molecule has 0 radical (unpaired) electrons. The van der Waals surface area contributed by atoms with Crippen LogP contribution in [0.1, 0.15) is 22.3 Å². The molecule has 0 aromatic heterocycles. The zero-order valence-electron chi connectivity index (χ0n) is 19.3. The molecule has 0 bridgehead atoms. The highest BCUT2D eigenvalue weighted by atomic mass is 16.5. The smallest absolute Gasteiger partial charge is 0.336 e. The molecule has 7 nitrogen and oxygen atoms in total. The van der Waals surface area contributed by atoms with Crippen molar-refractivity contribution in [1.29, 1.82) is 0 Å². The molecule has 0 fully saturated rings. The average Bonchev–Trinajstić information content (AvgIpc) is 2.85. The van der Waals surface area contributed by atoms with Crippen LogP contribution in [0, 0.1) is 13.8 Å². The first-order chi connectivity index (χ1) is 16.4. The van der Waals surface area contributed by atoms with E-state index in [2.05, 4.69) is 10.5 Å². The molecule has 0 heterocycles. The minimum atomic E-state index is -0.492. The number of benzene rings is 3. The van der Waals surface area contributed by atoms with Crippen molar-refractivity contribution in [2.75, 3.05) is 13.7 Å². The van der Waals surface area contributed by atoms with Crippen LogP contribution < -0.4 is 19.6 Å². The van der Waals surface area contributed by atoms with E-state index in [1.165, 1.54) is 12.3 Å². The Kier molecular flexibility index (Phi) is 8.57. The van der Waals surface area contributed by atoms with E-state index in [4.69, 9.17) is 14.2 Å². The summed E-state index contributed by atoms with van der Waals surface area (Å²) in [5, 5.41) is 3.93. The monoisotopic (exact) mass is 458 g/mol. The van der Waals surface area contributed by atoms with Gasteiger partial charge in [-0.3, -0.25) is 4.79 Å². The highest BCUT2D eigenvalue weighted by Gasteiger charge is 2.05. The molecule has 0 saturated carbocycles. The molecule has 0 saturated heterocycles. The number of hydrazone groups is 1. The summed E-state index contributed by atoms with van der Waals surface area (Å²) in [5.74, 6) is 0.948. The number of ether oxygens (including phenoxy) is 3. The normalized spacial score (nSPS) is 10.9. The van der Waals surface area contributed by atoms with E-state index >= 15 is 0 Å². The molecule has 34 heavy (non-hydrogen) atoms. The number of nitrogens with one attached hydrogen (secondary N) is 1. The fourth-order valence-electron chi connectivity index (χ4n) is 2.89. The number of nitrogens with zero attached hydrogens (tertiary/aromatic N) is 1. The lowest BCUT2D eigenvalue weighted by molar-refractivity contribution is -0.129. The Labute approximate surface area is 198 Å². The number of carbonyl (C=O) groups is 2. The molecule has 0 aliphatic heterocycles. The Balaban J connectivity index is 1.44. The van der Waals surface area contributed by atoms with Crippen molar-refractivity contribution in [2.24, 2.45) is 5.10 Å². The van der Waals surface area contributed by atoms with Crippen molar-refractivity contribution in [3.8, 4) is 17.2 Å². The summed E-state index contributed by atoms with van der Waals surface area (Å²) in [6.07, 6.45) is 4.51. The van der Waals surface area contributed by atoms with Gasteiger partial charge in [-0.05, 0) is 84.6 Å². The van der Waals surface area contributed by atoms with Crippen LogP contribution in [0.3, 0.4) is 0 Å². The van der Waals surface area contributed by atoms with Crippen LogP contribution >= 0.6 is 0 Å². The number of methoxy groups -OCH3 is 1. The van der Waals surface area contributed by atoms with Crippen LogP contribution in [0.5, 0.6) is 17.2 Å². The lowest BCUT2D eigenvalue weighted by atomic mass is 10.1. The van der Waals surface area contributed by atoms with Gasteiger partial charge in [-0.25, -0.2) is 10.2 Å². The van der Waals surface area contributed by atoms with E-state index in [1.807, 2.05) is 56.3 Å². The molecule has 174 valence electrons. The van der Waals surface area contributed by atoms with Crippen LogP contribution in [0.25, 0.3) is 6.08 Å². The maximum absolute atomic E-state index is 12.0. The van der Waals surface area contributed by atoms with Gasteiger partial charge in [0.25, 0.3) is 5.91 Å². The first-order valence-electron chi connectivity index (χ1n) is 10.6. The molecule has 3 rings (SSSR count). The Bertz CT molecular complexity index is 1180. The Morgan fingerprint density at radius 3 is 2.29 bits per heavy atom. The van der Waals surface area contributed by atoms with Crippen molar-refractivity contribution >= 4 is 24.2 Å². The largest absolute Gasteiger partial charge is 0.497 e. The van der Waals surface area contributed by atoms with Gasteiger partial charge in [-0.2, -0.15) is 5.10 Å². The average molecular weight is 459 g/mol. The predicted molar refractivity (Wildman–Crippen MR) is 131 cm³/mol. The Hall–Kier alpha value is -4.39. The predicted octanol–water partition coefficient (Wildman–Crippen LogP) is 4.46. The summed E-state index contributed by atoms with van der Waals surface area (Å²) < 4.78 is 15.9. The van der Waals surface area contributed by atoms with Gasteiger partial charge in [-0.1, -0.05) is 24.3 Å². The van der Waals surface area contributed by atoms with Gasteiger partial charge < -0.3 is 14.2 Å². The third-order valence-electron chi connectivity index (χ3n) is 4.94. The van der Waals surface area contributed by atoms with E-state index in [0.29, 0.717) is 11.5 Å². The van der Waals surface area contributed by atoms with Gasteiger partial charge in [0.1, 0.15) is 17.2 Å². The maximum Gasteiger partial charge on any atom is 0.336 e. The maximum atomic E-state index is 12.0. The first-order valence-corrected chi connectivity index (χ1v) is 10.6. The molecule has 1 amide bonds. The molecule has 1 N–H and O–H groups in total. The molecule has 3 aromatic rings. The topological polar surface area (TPSA) is 86.2 Å². The molecule has 0 spiro atoms. The highest BCUT2D eigenvalue weighted by molar-refractivity contribution is 5.89. The number of hydrogen-bond acceptors (Lipinski definition) is 6. The zero-order chi connectivity index (χ0) is 24.3. The molecular weight excluding hydrogens is 432 g/mol. The number of rotatable bonds is 9. The van der Waals surface area contributed by atoms with Gasteiger partial charge >= 0.3 is 5.97 Å². The molecular formula is C27H26N2O5. The summed E-state index contributed by atoms with van der Waals surface area (Å²) in [6, 6.07) is 19.7. The van der Waals surface area contributed by atoms with Crippen molar-refractivity contribution in [2.45, 2.75) is 13.8 Å². The summed E-state index contributed by atoms with van der Waals surface area (Å²) in [4.78, 5) is 24.0. The molecule has 0 unspecified atom stereocenters. The van der Waals surface area contributed by atoms with Gasteiger partial charge in [0.05, 0.1) is 13.3 Å². The quantitative estimate of drug-likeness (QED) is 0.168. The molecule has 3 aromatic carbocycles. The van der Waals surface area contributed by atoms with Crippen LogP contribution in [-0.4, -0.2) is 31.8 Å². The zero-order valence-corrected chi connectivity index (χ0v) is 19.3. The van der Waals surface area contributed by atoms with Crippen LogP contribution in [-0.2, 0) is 9.59 Å². The van der Waals surface area contributed by atoms with Crippen LogP contribution in [0.4, 0.5) is 0 Å². The molecule has 0 aliphatic carbocycles. The summed E-state index contributed by atoms with van der Waals surface area (Å²) in [6.45, 7) is 3.79. The third kappa shape index (κ3) is 7.34. The summed E-state index contributed by atoms with van der Waals surface area (Å²) in [7, 11) is 1.60. The number of carbonyl (C=O) groups excluding carboxylic acids is 2. The van der Waals surface area contributed by atoms with E-state index < -0.39 is 5.97 Å². The second kappa shape index (κ2) is 12.0. The lowest BCUT2D eigenvalue weighted by Gasteiger charge is -2.09. The lowest BCUT2D eigenvalue weighted by Crippen LogP contribution is -2.24. The summed E-state index contributed by atoms with van der Waals surface area (Å²) in [5.41, 5.74) is 6.10. The minimum absolute atomic E-state index is 0.138. The number of amides is 1. The van der Waals surface area contributed by atoms with Gasteiger partial charge in [0, 0.05) is 6.08 Å². The molecule has 0 atom stereocenters. The minimum Gasteiger partial charge on any atom is -0.497 e. The first kappa shape index (κ1) is 24.3. The van der Waals surface area contributed by atoms with E-state index in [1.54, 1.807) is 37.5 Å². The van der Waals surface area contributed by atoms with Crippen molar-refractivity contribution < 1.29 is 23.8 Å². The van der Waals surface area contributed by atoms with Gasteiger partial charge in [0.2, 0.25) is 0 Å². The summed E-state index contributed by atoms with van der Waals surface area (Å²) >= 11 is 0. The van der Waals surface area contributed by atoms with Crippen molar-refractivity contribution in [1.82, 2.24) is 5.43 Å². The van der Waals surface area contributed by atoms with E-state index in [0.717, 1.165) is 28.0 Å². The third-order valence-corrected chi connectivity index (χ3v) is 4.94. The highest BCUT2D eigenvalue weighted by Crippen LogP contribution is 2.20. The van der Waals surface area contributed by atoms with Crippen molar-refractivity contribution in [3.05, 3.63) is 95.1 Å². The van der Waals surface area contributed by atoms with Crippen LogP contribution in [0.2, 0.25) is 0 Å². The number of hydrogen-bond donors (Lipinski definition) is 1.